The summed E-state index contributed by atoms with van der Waals surface area (Å²) < 4.78 is 41.7. The van der Waals surface area contributed by atoms with Crippen molar-refractivity contribution in [3.63, 3.8) is 0 Å². The maximum Gasteiger partial charge on any atom is 0.433 e. The highest BCUT2D eigenvalue weighted by Gasteiger charge is 2.37. The van der Waals surface area contributed by atoms with Crippen molar-refractivity contribution < 1.29 is 18.0 Å². The summed E-state index contributed by atoms with van der Waals surface area (Å²) in [5.74, 6) is -0.0480. The van der Waals surface area contributed by atoms with E-state index < -0.39 is 11.9 Å². The monoisotopic (exact) mass is 503 g/mol. The van der Waals surface area contributed by atoms with E-state index in [2.05, 4.69) is 30.6 Å². The number of alkyl halides is 3. The minimum Gasteiger partial charge on any atom is -0.361 e. The van der Waals surface area contributed by atoms with Crippen LogP contribution in [0.25, 0.3) is 17.1 Å². The Labute approximate surface area is 209 Å². The van der Waals surface area contributed by atoms with E-state index in [1.54, 1.807) is 24.4 Å². The number of pyridine rings is 1. The molecule has 0 amide bonds. The fraction of sp³-hybridized carbons (Fsp3) is 0.154. The molecule has 4 aromatic rings. The smallest absolute Gasteiger partial charge is 0.361 e. The SMILES string of the molecule is O=C(CNc1ccc(-n2nc(-c3cccnc3)cc2C(F)(F)F)nn1)c1cccc(C2CC=CC=N2)c1. The average molecular weight is 503 g/mol. The van der Waals surface area contributed by atoms with Gasteiger partial charge in [0.1, 0.15) is 5.82 Å². The van der Waals surface area contributed by atoms with E-state index >= 15 is 0 Å². The Morgan fingerprint density at radius 2 is 1.97 bits per heavy atom. The molecule has 0 saturated carbocycles. The third-order valence-corrected chi connectivity index (χ3v) is 5.70. The molecule has 0 bridgehead atoms. The van der Waals surface area contributed by atoms with Gasteiger partial charge in [0.25, 0.3) is 0 Å². The van der Waals surface area contributed by atoms with Crippen LogP contribution in [0.5, 0.6) is 0 Å². The summed E-state index contributed by atoms with van der Waals surface area (Å²) in [4.78, 5) is 21.1. The second-order valence-electron chi connectivity index (χ2n) is 8.22. The summed E-state index contributed by atoms with van der Waals surface area (Å²) >= 11 is 0. The van der Waals surface area contributed by atoms with Crippen molar-refractivity contribution in [3.05, 3.63) is 96.0 Å². The first-order chi connectivity index (χ1) is 17.9. The van der Waals surface area contributed by atoms with Crippen molar-refractivity contribution in [1.82, 2.24) is 25.0 Å². The topological polar surface area (TPSA) is 98.0 Å². The highest BCUT2D eigenvalue weighted by molar-refractivity contribution is 5.99. The molecular formula is C26H20F3N7O. The van der Waals surface area contributed by atoms with Gasteiger partial charge < -0.3 is 5.32 Å². The molecule has 37 heavy (non-hydrogen) atoms. The summed E-state index contributed by atoms with van der Waals surface area (Å²) in [5.41, 5.74) is 1.02. The first kappa shape index (κ1) is 24.0. The maximum absolute atomic E-state index is 13.7. The summed E-state index contributed by atoms with van der Waals surface area (Å²) in [5, 5.41) is 14.8. The van der Waals surface area contributed by atoms with Crippen molar-refractivity contribution in [2.24, 2.45) is 4.99 Å². The molecular weight excluding hydrogens is 483 g/mol. The number of halogens is 3. The minimum absolute atomic E-state index is 0.0216. The van der Waals surface area contributed by atoms with Gasteiger partial charge >= 0.3 is 6.18 Å². The molecule has 1 aliphatic rings. The lowest BCUT2D eigenvalue weighted by atomic mass is 9.99. The fourth-order valence-corrected chi connectivity index (χ4v) is 3.84. The van der Waals surface area contributed by atoms with Gasteiger partial charge in [-0.1, -0.05) is 24.3 Å². The van der Waals surface area contributed by atoms with Crippen molar-refractivity contribution >= 4 is 17.8 Å². The van der Waals surface area contributed by atoms with Gasteiger partial charge in [-0.05, 0) is 54.5 Å². The van der Waals surface area contributed by atoms with Crippen LogP contribution in [0.4, 0.5) is 19.0 Å². The molecule has 0 radical (unpaired) electrons. The van der Waals surface area contributed by atoms with Gasteiger partial charge in [-0.15, -0.1) is 10.2 Å². The van der Waals surface area contributed by atoms with Crippen molar-refractivity contribution in [1.29, 1.82) is 0 Å². The third-order valence-electron chi connectivity index (χ3n) is 5.70. The summed E-state index contributed by atoms with van der Waals surface area (Å²) in [6.07, 6.45) is 4.71. The number of aromatic nitrogens is 5. The Hall–Kier alpha value is -4.67. The average Bonchev–Trinajstić information content (AvgIpc) is 3.40. The molecule has 11 heteroatoms. The Balaban J connectivity index is 1.30. The largest absolute Gasteiger partial charge is 0.433 e. The van der Waals surface area contributed by atoms with E-state index in [-0.39, 0.29) is 35.7 Å². The minimum atomic E-state index is -4.66. The standard InChI is InChI=1S/C26H20F3N7O/c27-26(28,29)23-14-21(19-7-4-11-30-15-19)35-36(23)25-10-9-24(33-34-25)32-16-22(37)18-6-3-5-17(13-18)20-8-1-2-12-31-20/h1-7,9-15,20H,8,16H2,(H,32,33). The van der Waals surface area contributed by atoms with Gasteiger partial charge in [-0.3, -0.25) is 14.8 Å². The molecule has 1 aromatic carbocycles. The number of ketones is 1. The number of Topliss-reactive ketones (excluding diaryl/α,β-unsaturated/α-hetero) is 1. The zero-order valence-corrected chi connectivity index (χ0v) is 19.3. The molecule has 0 aliphatic carbocycles. The Morgan fingerprint density at radius 1 is 1.08 bits per heavy atom. The Kier molecular flexibility index (Phi) is 6.59. The van der Waals surface area contributed by atoms with E-state index in [0.717, 1.165) is 18.1 Å². The van der Waals surface area contributed by atoms with E-state index in [4.69, 9.17) is 0 Å². The number of hydrogen-bond donors (Lipinski definition) is 1. The second-order valence-corrected chi connectivity index (χ2v) is 8.22. The molecule has 5 rings (SSSR count). The predicted octanol–water partition coefficient (Wildman–Crippen LogP) is 5.11. The Bertz CT molecular complexity index is 1460. The molecule has 1 unspecified atom stereocenters. The van der Waals surface area contributed by atoms with Crippen LogP contribution in [0.3, 0.4) is 0 Å². The van der Waals surface area contributed by atoms with Crippen LogP contribution in [-0.4, -0.2) is 43.5 Å². The number of carbonyl (C=O) groups is 1. The number of nitrogens with one attached hydrogen (secondary N) is 1. The van der Waals surface area contributed by atoms with Gasteiger partial charge in [-0.2, -0.15) is 18.3 Å². The lowest BCUT2D eigenvalue weighted by Crippen LogP contribution is -2.17. The van der Waals surface area contributed by atoms with Crippen LogP contribution in [-0.2, 0) is 6.18 Å². The number of anilines is 1. The van der Waals surface area contributed by atoms with Crippen LogP contribution < -0.4 is 5.32 Å². The Morgan fingerprint density at radius 3 is 2.68 bits per heavy atom. The molecule has 0 fully saturated rings. The molecule has 8 nitrogen and oxygen atoms in total. The third kappa shape index (κ3) is 5.45. The van der Waals surface area contributed by atoms with Gasteiger partial charge in [-0.25, -0.2) is 4.68 Å². The first-order valence-corrected chi connectivity index (χ1v) is 11.4. The number of dihydropyridines is 1. The zero-order valence-electron chi connectivity index (χ0n) is 19.3. The molecule has 4 heterocycles. The number of hydrogen-bond acceptors (Lipinski definition) is 7. The molecule has 0 spiro atoms. The highest BCUT2D eigenvalue weighted by atomic mass is 19.4. The summed E-state index contributed by atoms with van der Waals surface area (Å²) in [6, 6.07) is 14.2. The van der Waals surface area contributed by atoms with E-state index in [1.165, 1.54) is 24.5 Å². The lowest BCUT2D eigenvalue weighted by molar-refractivity contribution is -0.142. The van der Waals surface area contributed by atoms with E-state index in [1.807, 2.05) is 30.4 Å². The number of benzene rings is 1. The van der Waals surface area contributed by atoms with Crippen LogP contribution in [0, 0.1) is 0 Å². The zero-order chi connectivity index (χ0) is 25.8. The van der Waals surface area contributed by atoms with Gasteiger partial charge in [0, 0.05) is 29.7 Å². The summed E-state index contributed by atoms with van der Waals surface area (Å²) in [7, 11) is 0. The number of nitrogens with zero attached hydrogens (tertiary/aromatic N) is 6. The van der Waals surface area contributed by atoms with Crippen molar-refractivity contribution in [2.75, 3.05) is 11.9 Å². The van der Waals surface area contributed by atoms with Gasteiger partial charge in [0.15, 0.2) is 17.3 Å². The van der Waals surface area contributed by atoms with Crippen LogP contribution in [0.15, 0.2) is 84.1 Å². The van der Waals surface area contributed by atoms with Gasteiger partial charge in [0.2, 0.25) is 0 Å². The fourth-order valence-electron chi connectivity index (χ4n) is 3.84. The molecule has 0 saturated heterocycles. The second kappa shape index (κ2) is 10.1. The van der Waals surface area contributed by atoms with Crippen molar-refractivity contribution in [3.8, 4) is 17.1 Å². The number of aliphatic imine (C=N–C) groups is 1. The number of rotatable bonds is 7. The number of allylic oxidation sites excluding steroid dienone is 1. The van der Waals surface area contributed by atoms with Crippen LogP contribution in [0.1, 0.15) is 34.1 Å². The molecule has 3 aromatic heterocycles. The first-order valence-electron chi connectivity index (χ1n) is 11.4. The molecule has 1 aliphatic heterocycles. The van der Waals surface area contributed by atoms with Crippen LogP contribution >= 0.6 is 0 Å². The molecule has 1 atom stereocenters. The lowest BCUT2D eigenvalue weighted by Gasteiger charge is -2.14. The molecule has 186 valence electrons. The quantitative estimate of drug-likeness (QED) is 0.352. The van der Waals surface area contributed by atoms with E-state index in [0.29, 0.717) is 15.8 Å². The van der Waals surface area contributed by atoms with E-state index in [9.17, 15) is 18.0 Å². The summed E-state index contributed by atoms with van der Waals surface area (Å²) in [6.45, 7) is -0.0634. The predicted molar refractivity (Wildman–Crippen MR) is 132 cm³/mol. The maximum atomic E-state index is 13.7. The van der Waals surface area contributed by atoms with Gasteiger partial charge in [0.05, 0.1) is 18.3 Å². The molecule has 1 N–H and O–H groups in total. The van der Waals surface area contributed by atoms with Crippen LogP contribution in [0.2, 0.25) is 0 Å². The van der Waals surface area contributed by atoms with Crippen molar-refractivity contribution in [2.45, 2.75) is 18.6 Å². The normalized spacial score (nSPS) is 15.1. The highest BCUT2D eigenvalue weighted by Crippen LogP contribution is 2.33. The number of carbonyl (C=O) groups excluding carboxylic acids is 1.